The van der Waals surface area contributed by atoms with Gasteiger partial charge in [-0.3, -0.25) is 4.90 Å². The summed E-state index contributed by atoms with van der Waals surface area (Å²) in [4.78, 5) is 6.56. The average molecular weight is 263 g/mol. The molecule has 3 rings (SSSR count). The van der Waals surface area contributed by atoms with Crippen molar-refractivity contribution < 1.29 is 5.11 Å². The molecule has 1 aromatic heterocycles. The molecule has 0 spiro atoms. The Morgan fingerprint density at radius 1 is 1.39 bits per heavy atom. The number of fused-ring (bicyclic) bond motifs is 1. The van der Waals surface area contributed by atoms with Gasteiger partial charge >= 0.3 is 0 Å². The van der Waals surface area contributed by atoms with Crippen molar-refractivity contribution in [1.29, 1.82) is 0 Å². The number of pyridine rings is 1. The number of aliphatic hydroxyl groups is 1. The van der Waals surface area contributed by atoms with Gasteiger partial charge in [0, 0.05) is 30.6 Å². The van der Waals surface area contributed by atoms with E-state index in [2.05, 4.69) is 16.0 Å². The predicted molar refractivity (Wildman–Crippen MR) is 72.7 cm³/mol. The van der Waals surface area contributed by atoms with Gasteiger partial charge < -0.3 is 5.11 Å². The van der Waals surface area contributed by atoms with Crippen molar-refractivity contribution in [2.45, 2.75) is 19.1 Å². The molecule has 1 aliphatic rings. The summed E-state index contributed by atoms with van der Waals surface area (Å²) >= 11 is 6.20. The van der Waals surface area contributed by atoms with Gasteiger partial charge in [0.25, 0.3) is 0 Å². The van der Waals surface area contributed by atoms with E-state index in [-0.39, 0.29) is 0 Å². The van der Waals surface area contributed by atoms with Crippen LogP contribution in [0, 0.1) is 0 Å². The first-order valence-electron chi connectivity index (χ1n) is 6.02. The van der Waals surface area contributed by atoms with Gasteiger partial charge in [0.1, 0.15) is 5.15 Å². The Balaban J connectivity index is 1.86. The van der Waals surface area contributed by atoms with Crippen LogP contribution in [0.4, 0.5) is 0 Å². The normalized spacial score (nSPS) is 18.8. The zero-order chi connectivity index (χ0) is 12.8. The average Bonchev–Trinajstić information content (AvgIpc) is 2.27. The highest BCUT2D eigenvalue weighted by molar-refractivity contribution is 6.30. The third-order valence-electron chi connectivity index (χ3n) is 3.27. The van der Waals surface area contributed by atoms with Crippen molar-refractivity contribution in [2.75, 3.05) is 13.1 Å². The molecule has 0 amide bonds. The molecule has 1 fully saturated rings. The van der Waals surface area contributed by atoms with Crippen molar-refractivity contribution in [1.82, 2.24) is 9.88 Å². The minimum atomic E-state index is -0.545. The highest BCUT2D eigenvalue weighted by Crippen LogP contribution is 2.26. The van der Waals surface area contributed by atoms with Crippen LogP contribution in [-0.2, 0) is 6.54 Å². The van der Waals surface area contributed by atoms with E-state index in [9.17, 15) is 5.11 Å². The number of β-amino-alcohol motifs (C(OH)–C–C–N with tert-alkyl or cyclic N) is 1. The lowest BCUT2D eigenvalue weighted by Crippen LogP contribution is -2.59. The Morgan fingerprint density at radius 2 is 2.11 bits per heavy atom. The van der Waals surface area contributed by atoms with Crippen LogP contribution in [0.5, 0.6) is 0 Å². The molecule has 0 aliphatic carbocycles. The summed E-state index contributed by atoms with van der Waals surface area (Å²) in [6.07, 6.45) is 0. The Morgan fingerprint density at radius 3 is 2.83 bits per heavy atom. The van der Waals surface area contributed by atoms with E-state index >= 15 is 0 Å². The summed E-state index contributed by atoms with van der Waals surface area (Å²) in [5, 5.41) is 11.4. The van der Waals surface area contributed by atoms with Gasteiger partial charge in [-0.05, 0) is 19.1 Å². The molecule has 0 atom stereocenters. The quantitative estimate of drug-likeness (QED) is 0.845. The summed E-state index contributed by atoms with van der Waals surface area (Å²) in [7, 11) is 0. The lowest BCUT2D eigenvalue weighted by Gasteiger charge is -2.44. The van der Waals surface area contributed by atoms with Crippen LogP contribution in [-0.4, -0.2) is 33.7 Å². The molecule has 1 N–H and O–H groups in total. The monoisotopic (exact) mass is 262 g/mol. The number of hydrogen-bond donors (Lipinski definition) is 1. The fourth-order valence-electron chi connectivity index (χ4n) is 2.52. The highest BCUT2D eigenvalue weighted by atomic mass is 35.5. The first kappa shape index (κ1) is 11.9. The highest BCUT2D eigenvalue weighted by Gasteiger charge is 2.36. The van der Waals surface area contributed by atoms with Crippen LogP contribution < -0.4 is 0 Å². The number of likely N-dealkylation sites (tertiary alicyclic amines) is 1. The number of nitrogens with zero attached hydrogens (tertiary/aromatic N) is 2. The number of aromatic nitrogens is 1. The van der Waals surface area contributed by atoms with E-state index in [4.69, 9.17) is 11.6 Å². The largest absolute Gasteiger partial charge is 0.388 e. The number of benzene rings is 1. The van der Waals surface area contributed by atoms with Crippen LogP contribution in [0.1, 0.15) is 12.5 Å². The zero-order valence-corrected chi connectivity index (χ0v) is 11.0. The first-order valence-corrected chi connectivity index (χ1v) is 6.40. The molecule has 18 heavy (non-hydrogen) atoms. The van der Waals surface area contributed by atoms with Gasteiger partial charge in [-0.15, -0.1) is 0 Å². The number of para-hydroxylation sites is 1. The van der Waals surface area contributed by atoms with E-state index in [0.29, 0.717) is 18.2 Å². The standard InChI is InChI=1S/C14H15ClN2O/c1-14(18)8-17(9-14)7-11-6-10-4-2-3-5-12(10)16-13(11)15/h2-6,18H,7-9H2,1H3. The number of rotatable bonds is 2. The lowest BCUT2D eigenvalue weighted by atomic mass is 9.96. The van der Waals surface area contributed by atoms with E-state index in [1.807, 2.05) is 31.2 Å². The predicted octanol–water partition coefficient (Wildman–Crippen LogP) is 2.45. The topological polar surface area (TPSA) is 36.4 Å². The van der Waals surface area contributed by atoms with Gasteiger partial charge in [0.15, 0.2) is 0 Å². The van der Waals surface area contributed by atoms with Crippen LogP contribution in [0.15, 0.2) is 30.3 Å². The molecule has 94 valence electrons. The maximum atomic E-state index is 9.71. The van der Waals surface area contributed by atoms with Gasteiger partial charge in [-0.1, -0.05) is 29.8 Å². The van der Waals surface area contributed by atoms with Gasteiger partial charge in [0.2, 0.25) is 0 Å². The molecule has 1 aliphatic heterocycles. The summed E-state index contributed by atoms with van der Waals surface area (Å²) in [6, 6.07) is 10.0. The maximum absolute atomic E-state index is 9.71. The second-order valence-corrected chi connectivity index (χ2v) is 5.63. The number of halogens is 1. The van der Waals surface area contributed by atoms with Crippen molar-refractivity contribution in [3.63, 3.8) is 0 Å². The Labute approximate surface area is 111 Å². The maximum Gasteiger partial charge on any atom is 0.134 e. The molecular formula is C14H15ClN2O. The Kier molecular flexibility index (Phi) is 2.77. The third-order valence-corrected chi connectivity index (χ3v) is 3.60. The van der Waals surface area contributed by atoms with Crippen LogP contribution in [0.2, 0.25) is 5.15 Å². The Hall–Kier alpha value is -1.16. The molecule has 0 bridgehead atoms. The first-order chi connectivity index (χ1) is 8.53. The molecule has 3 nitrogen and oxygen atoms in total. The fraction of sp³-hybridized carbons (Fsp3) is 0.357. The molecule has 1 saturated heterocycles. The second-order valence-electron chi connectivity index (χ2n) is 5.27. The van der Waals surface area contributed by atoms with Gasteiger partial charge in [0.05, 0.1) is 11.1 Å². The lowest BCUT2D eigenvalue weighted by molar-refractivity contribution is -0.0871. The molecular weight excluding hydrogens is 248 g/mol. The minimum Gasteiger partial charge on any atom is -0.388 e. The second kappa shape index (κ2) is 4.19. The molecule has 0 unspecified atom stereocenters. The van der Waals surface area contributed by atoms with E-state index in [1.165, 1.54) is 0 Å². The van der Waals surface area contributed by atoms with Crippen molar-refractivity contribution >= 4 is 22.5 Å². The smallest absolute Gasteiger partial charge is 0.134 e. The summed E-state index contributed by atoms with van der Waals surface area (Å²) in [5.74, 6) is 0. The van der Waals surface area contributed by atoms with E-state index in [0.717, 1.165) is 23.0 Å². The zero-order valence-electron chi connectivity index (χ0n) is 10.2. The minimum absolute atomic E-state index is 0.545. The molecule has 1 aromatic carbocycles. The summed E-state index contributed by atoms with van der Waals surface area (Å²) in [6.45, 7) is 3.98. The third kappa shape index (κ3) is 2.21. The SMILES string of the molecule is CC1(O)CN(Cc2cc3ccccc3nc2Cl)C1. The van der Waals surface area contributed by atoms with Crippen molar-refractivity contribution in [2.24, 2.45) is 0 Å². The molecule has 0 saturated carbocycles. The van der Waals surface area contributed by atoms with Gasteiger partial charge in [-0.2, -0.15) is 0 Å². The van der Waals surface area contributed by atoms with E-state index < -0.39 is 5.60 Å². The van der Waals surface area contributed by atoms with E-state index in [1.54, 1.807) is 0 Å². The molecule has 4 heteroatoms. The number of hydrogen-bond acceptors (Lipinski definition) is 3. The molecule has 2 aromatic rings. The van der Waals surface area contributed by atoms with Crippen LogP contribution >= 0.6 is 11.6 Å². The van der Waals surface area contributed by atoms with Crippen molar-refractivity contribution in [3.05, 3.63) is 41.0 Å². The van der Waals surface area contributed by atoms with Crippen molar-refractivity contribution in [3.8, 4) is 0 Å². The summed E-state index contributed by atoms with van der Waals surface area (Å²) in [5.41, 5.74) is 1.39. The van der Waals surface area contributed by atoms with Crippen LogP contribution in [0.25, 0.3) is 10.9 Å². The fourth-order valence-corrected chi connectivity index (χ4v) is 2.72. The molecule has 2 heterocycles. The van der Waals surface area contributed by atoms with Gasteiger partial charge in [-0.25, -0.2) is 4.98 Å². The Bertz CT molecular complexity index is 589. The summed E-state index contributed by atoms with van der Waals surface area (Å²) < 4.78 is 0. The van der Waals surface area contributed by atoms with Crippen LogP contribution in [0.3, 0.4) is 0 Å². The molecule has 0 radical (unpaired) electrons.